The number of nitrogens with one attached hydrogen (secondary N) is 2. The van der Waals surface area contributed by atoms with E-state index in [1.165, 1.54) is 5.56 Å². The number of imidazole rings is 1. The number of benzene rings is 1. The molecular formula is C24H30N6O2. The van der Waals surface area contributed by atoms with Crippen LogP contribution in [-0.2, 0) is 17.8 Å². The van der Waals surface area contributed by atoms with Gasteiger partial charge in [0.15, 0.2) is 5.96 Å². The molecule has 0 aliphatic carbocycles. The molecule has 32 heavy (non-hydrogen) atoms. The van der Waals surface area contributed by atoms with Crippen molar-refractivity contribution >= 4 is 5.96 Å². The average molecular weight is 435 g/mol. The standard InChI is InChI=1S/C24H30N6O2/c1-18-5-7-20(22(12-18)32-16-21-4-3-11-31-21)15-29-24(25-2)28-14-19-6-8-23(27-13-19)30-10-9-26-17-30/h5-10,12-13,17,21H,3-4,11,14-16H2,1-2H3,(H2,25,28,29). The first-order valence-corrected chi connectivity index (χ1v) is 10.9. The van der Waals surface area contributed by atoms with Crippen LogP contribution in [0.2, 0.25) is 0 Å². The molecular weight excluding hydrogens is 404 g/mol. The number of rotatable bonds is 8. The van der Waals surface area contributed by atoms with Gasteiger partial charge < -0.3 is 20.1 Å². The first-order chi connectivity index (χ1) is 15.7. The maximum Gasteiger partial charge on any atom is 0.191 e. The van der Waals surface area contributed by atoms with Crippen LogP contribution in [-0.4, -0.2) is 46.9 Å². The zero-order chi connectivity index (χ0) is 22.2. The molecule has 0 spiro atoms. The quantitative estimate of drug-likeness (QED) is 0.419. The van der Waals surface area contributed by atoms with E-state index in [4.69, 9.17) is 9.47 Å². The highest BCUT2D eigenvalue weighted by molar-refractivity contribution is 5.79. The molecule has 8 nitrogen and oxygen atoms in total. The third kappa shape index (κ3) is 5.85. The lowest BCUT2D eigenvalue weighted by Crippen LogP contribution is -2.36. The predicted molar refractivity (Wildman–Crippen MR) is 124 cm³/mol. The molecule has 3 heterocycles. The Labute approximate surface area is 188 Å². The van der Waals surface area contributed by atoms with Gasteiger partial charge in [0.05, 0.1) is 6.10 Å². The van der Waals surface area contributed by atoms with E-state index in [1.54, 1.807) is 19.6 Å². The second-order valence-electron chi connectivity index (χ2n) is 7.83. The SMILES string of the molecule is CN=C(NCc1ccc(-n2ccnc2)nc1)NCc1ccc(C)cc1OCC1CCCO1. The van der Waals surface area contributed by atoms with E-state index in [0.717, 1.165) is 42.1 Å². The van der Waals surface area contributed by atoms with E-state index >= 15 is 0 Å². The molecule has 1 atom stereocenters. The number of hydrogen-bond acceptors (Lipinski definition) is 5. The van der Waals surface area contributed by atoms with Crippen molar-refractivity contribution in [2.24, 2.45) is 4.99 Å². The largest absolute Gasteiger partial charge is 0.491 e. The van der Waals surface area contributed by atoms with Crippen molar-refractivity contribution in [3.05, 3.63) is 71.9 Å². The van der Waals surface area contributed by atoms with Gasteiger partial charge in [-0.1, -0.05) is 18.2 Å². The molecule has 2 aromatic heterocycles. The van der Waals surface area contributed by atoms with Gasteiger partial charge in [-0.05, 0) is 43.0 Å². The van der Waals surface area contributed by atoms with Crippen LogP contribution in [0.15, 0.2) is 60.2 Å². The smallest absolute Gasteiger partial charge is 0.191 e. The zero-order valence-corrected chi connectivity index (χ0v) is 18.6. The molecule has 8 heteroatoms. The minimum atomic E-state index is 0.194. The second kappa shape index (κ2) is 10.8. The van der Waals surface area contributed by atoms with E-state index in [-0.39, 0.29) is 6.10 Å². The summed E-state index contributed by atoms with van der Waals surface area (Å²) in [5, 5.41) is 6.71. The van der Waals surface area contributed by atoms with Gasteiger partial charge >= 0.3 is 0 Å². The van der Waals surface area contributed by atoms with Crippen LogP contribution in [0.5, 0.6) is 5.75 Å². The Morgan fingerprint density at radius 3 is 2.88 bits per heavy atom. The second-order valence-corrected chi connectivity index (χ2v) is 7.83. The van der Waals surface area contributed by atoms with Crippen LogP contribution in [0.4, 0.5) is 0 Å². The van der Waals surface area contributed by atoms with E-state index in [0.29, 0.717) is 25.7 Å². The highest BCUT2D eigenvalue weighted by Gasteiger charge is 2.17. The summed E-state index contributed by atoms with van der Waals surface area (Å²) in [5.41, 5.74) is 3.32. The van der Waals surface area contributed by atoms with Gasteiger partial charge in [0.2, 0.25) is 0 Å². The number of nitrogens with zero attached hydrogens (tertiary/aromatic N) is 4. The molecule has 1 aliphatic rings. The van der Waals surface area contributed by atoms with Crippen LogP contribution in [0, 0.1) is 6.92 Å². The van der Waals surface area contributed by atoms with Crippen molar-refractivity contribution < 1.29 is 9.47 Å². The van der Waals surface area contributed by atoms with Crippen LogP contribution in [0.1, 0.15) is 29.5 Å². The predicted octanol–water partition coefficient (Wildman–Crippen LogP) is 3.00. The molecule has 0 saturated carbocycles. The van der Waals surface area contributed by atoms with Gasteiger partial charge in [0.1, 0.15) is 24.5 Å². The minimum absolute atomic E-state index is 0.194. The van der Waals surface area contributed by atoms with Crippen molar-refractivity contribution in [2.45, 2.75) is 39.0 Å². The third-order valence-electron chi connectivity index (χ3n) is 5.38. The maximum atomic E-state index is 6.10. The molecule has 1 fully saturated rings. The fourth-order valence-corrected chi connectivity index (χ4v) is 3.55. The average Bonchev–Trinajstić information content (AvgIpc) is 3.54. The molecule has 168 valence electrons. The highest BCUT2D eigenvalue weighted by Crippen LogP contribution is 2.22. The summed E-state index contributed by atoms with van der Waals surface area (Å²) >= 11 is 0. The number of guanidine groups is 1. The zero-order valence-electron chi connectivity index (χ0n) is 18.6. The summed E-state index contributed by atoms with van der Waals surface area (Å²) in [7, 11) is 1.76. The van der Waals surface area contributed by atoms with Gasteiger partial charge in [-0.2, -0.15) is 0 Å². The van der Waals surface area contributed by atoms with Gasteiger partial charge in [0.25, 0.3) is 0 Å². The highest BCUT2D eigenvalue weighted by atomic mass is 16.5. The fourth-order valence-electron chi connectivity index (χ4n) is 3.55. The van der Waals surface area contributed by atoms with Gasteiger partial charge in [0, 0.05) is 50.9 Å². The maximum absolute atomic E-state index is 6.10. The van der Waals surface area contributed by atoms with Crippen LogP contribution < -0.4 is 15.4 Å². The van der Waals surface area contributed by atoms with Crippen LogP contribution in [0.25, 0.3) is 5.82 Å². The Morgan fingerprint density at radius 2 is 2.16 bits per heavy atom. The van der Waals surface area contributed by atoms with E-state index < -0.39 is 0 Å². The fraction of sp³-hybridized carbons (Fsp3) is 0.375. The molecule has 1 aliphatic heterocycles. The molecule has 3 aromatic rings. The van der Waals surface area contributed by atoms with Crippen molar-refractivity contribution in [2.75, 3.05) is 20.3 Å². The van der Waals surface area contributed by atoms with Crippen molar-refractivity contribution in [1.82, 2.24) is 25.2 Å². The molecule has 4 rings (SSSR count). The number of aliphatic imine (C=N–C) groups is 1. The van der Waals surface area contributed by atoms with E-state index in [9.17, 15) is 0 Å². The van der Waals surface area contributed by atoms with E-state index in [1.807, 2.05) is 29.1 Å². The number of aromatic nitrogens is 3. The number of pyridine rings is 1. The summed E-state index contributed by atoms with van der Waals surface area (Å²) < 4.78 is 13.7. The Bertz CT molecular complexity index is 1010. The van der Waals surface area contributed by atoms with Crippen LogP contribution in [0.3, 0.4) is 0 Å². The third-order valence-corrected chi connectivity index (χ3v) is 5.38. The van der Waals surface area contributed by atoms with Gasteiger partial charge in [-0.25, -0.2) is 9.97 Å². The topological polar surface area (TPSA) is 85.6 Å². The van der Waals surface area contributed by atoms with Crippen molar-refractivity contribution in [1.29, 1.82) is 0 Å². The lowest BCUT2D eigenvalue weighted by molar-refractivity contribution is 0.0676. The Kier molecular flexibility index (Phi) is 7.34. The Morgan fingerprint density at radius 1 is 1.25 bits per heavy atom. The summed E-state index contributed by atoms with van der Waals surface area (Å²) in [6, 6.07) is 10.3. The Balaban J connectivity index is 1.30. The minimum Gasteiger partial charge on any atom is -0.491 e. The van der Waals surface area contributed by atoms with Crippen molar-refractivity contribution in [3.8, 4) is 11.6 Å². The summed E-state index contributed by atoms with van der Waals surface area (Å²) in [6.45, 7) is 4.72. The van der Waals surface area contributed by atoms with E-state index in [2.05, 4.69) is 50.7 Å². The summed E-state index contributed by atoms with van der Waals surface area (Å²) in [5.74, 6) is 2.45. The Hall–Kier alpha value is -3.39. The lowest BCUT2D eigenvalue weighted by atomic mass is 10.1. The molecule has 0 radical (unpaired) electrons. The first kappa shape index (κ1) is 21.8. The molecule has 2 N–H and O–H groups in total. The summed E-state index contributed by atoms with van der Waals surface area (Å²) in [4.78, 5) is 12.9. The van der Waals surface area contributed by atoms with Crippen molar-refractivity contribution in [3.63, 3.8) is 0 Å². The van der Waals surface area contributed by atoms with Gasteiger partial charge in [-0.3, -0.25) is 9.56 Å². The number of ether oxygens (including phenoxy) is 2. The normalized spacial score (nSPS) is 16.2. The molecule has 1 unspecified atom stereocenters. The number of hydrogen-bond donors (Lipinski definition) is 2. The monoisotopic (exact) mass is 434 g/mol. The molecule has 0 amide bonds. The summed E-state index contributed by atoms with van der Waals surface area (Å²) in [6.07, 6.45) is 9.56. The van der Waals surface area contributed by atoms with Crippen LogP contribution >= 0.6 is 0 Å². The number of aryl methyl sites for hydroxylation is 1. The lowest BCUT2D eigenvalue weighted by Gasteiger charge is -2.17. The molecule has 0 bridgehead atoms. The van der Waals surface area contributed by atoms with Gasteiger partial charge in [-0.15, -0.1) is 0 Å². The molecule has 1 saturated heterocycles. The molecule has 1 aromatic carbocycles. The first-order valence-electron chi connectivity index (χ1n) is 10.9.